The minimum atomic E-state index is -0.267. The number of nitrogens with zero attached hydrogens (tertiary/aromatic N) is 2. The average molecular weight is 367 g/mol. The van der Waals surface area contributed by atoms with Crippen LogP contribution in [0.5, 0.6) is 5.75 Å². The van der Waals surface area contributed by atoms with Gasteiger partial charge in [0.15, 0.2) is 0 Å². The molecule has 2 rings (SSSR count). The van der Waals surface area contributed by atoms with Gasteiger partial charge in [0.05, 0.1) is 12.1 Å². The standard InChI is InChI=1S/C16H19BrN2O3/c1-11-15(12(2)19(3)18-11)10-16(20)22-8-7-21-14-6-4-5-13(17)9-14/h4-6,9H,7-8,10H2,1-3H3. The van der Waals surface area contributed by atoms with Crippen molar-refractivity contribution in [3.05, 3.63) is 45.7 Å². The van der Waals surface area contributed by atoms with Gasteiger partial charge in [0, 0.05) is 22.8 Å². The van der Waals surface area contributed by atoms with E-state index in [1.807, 2.05) is 45.2 Å². The number of carbonyl (C=O) groups excluding carboxylic acids is 1. The van der Waals surface area contributed by atoms with E-state index in [1.54, 1.807) is 4.68 Å². The number of rotatable bonds is 6. The first kappa shape index (κ1) is 16.5. The molecule has 0 aliphatic heterocycles. The normalized spacial score (nSPS) is 10.5. The molecule has 0 bridgehead atoms. The lowest BCUT2D eigenvalue weighted by atomic mass is 10.1. The fourth-order valence-corrected chi connectivity index (χ4v) is 2.52. The maximum Gasteiger partial charge on any atom is 0.310 e. The molecule has 2 aromatic rings. The number of esters is 1. The van der Waals surface area contributed by atoms with E-state index in [2.05, 4.69) is 21.0 Å². The quantitative estimate of drug-likeness (QED) is 0.582. The van der Waals surface area contributed by atoms with E-state index in [-0.39, 0.29) is 19.0 Å². The molecule has 0 N–H and O–H groups in total. The number of hydrogen-bond donors (Lipinski definition) is 0. The van der Waals surface area contributed by atoms with Gasteiger partial charge < -0.3 is 9.47 Å². The first-order valence-electron chi connectivity index (χ1n) is 7.00. The van der Waals surface area contributed by atoms with Crippen LogP contribution in [-0.4, -0.2) is 29.0 Å². The van der Waals surface area contributed by atoms with Crippen molar-refractivity contribution < 1.29 is 14.3 Å². The van der Waals surface area contributed by atoms with Crippen molar-refractivity contribution in [3.8, 4) is 5.75 Å². The van der Waals surface area contributed by atoms with Gasteiger partial charge >= 0.3 is 5.97 Å². The highest BCUT2D eigenvalue weighted by atomic mass is 79.9. The minimum absolute atomic E-state index is 0.226. The number of aromatic nitrogens is 2. The summed E-state index contributed by atoms with van der Waals surface area (Å²) in [6.07, 6.45) is 0.238. The van der Waals surface area contributed by atoms with E-state index < -0.39 is 0 Å². The van der Waals surface area contributed by atoms with Crippen LogP contribution in [0, 0.1) is 13.8 Å². The Bertz CT molecular complexity index is 667. The zero-order chi connectivity index (χ0) is 16.1. The summed E-state index contributed by atoms with van der Waals surface area (Å²) in [4.78, 5) is 11.9. The van der Waals surface area contributed by atoms with Crippen molar-refractivity contribution in [3.63, 3.8) is 0 Å². The summed E-state index contributed by atoms with van der Waals surface area (Å²) >= 11 is 3.37. The number of hydrogen-bond acceptors (Lipinski definition) is 4. The molecule has 0 atom stereocenters. The van der Waals surface area contributed by atoms with Crippen molar-refractivity contribution in [1.82, 2.24) is 9.78 Å². The molecule has 0 radical (unpaired) electrons. The second-order valence-corrected chi connectivity index (χ2v) is 5.89. The van der Waals surface area contributed by atoms with Gasteiger partial charge in [-0.3, -0.25) is 9.48 Å². The van der Waals surface area contributed by atoms with Crippen LogP contribution in [0.25, 0.3) is 0 Å². The maximum atomic E-state index is 11.9. The molecule has 6 heteroatoms. The summed E-state index contributed by atoms with van der Waals surface area (Å²) in [7, 11) is 1.86. The topological polar surface area (TPSA) is 53.4 Å². The molecule has 0 aliphatic rings. The van der Waals surface area contributed by atoms with Crippen LogP contribution >= 0.6 is 15.9 Å². The van der Waals surface area contributed by atoms with Gasteiger partial charge in [-0.15, -0.1) is 0 Å². The van der Waals surface area contributed by atoms with Crippen LogP contribution in [0.4, 0.5) is 0 Å². The molecule has 0 saturated carbocycles. The van der Waals surface area contributed by atoms with Crippen LogP contribution < -0.4 is 4.74 Å². The molecule has 0 fully saturated rings. The van der Waals surface area contributed by atoms with Crippen molar-refractivity contribution >= 4 is 21.9 Å². The van der Waals surface area contributed by atoms with E-state index in [4.69, 9.17) is 9.47 Å². The number of benzene rings is 1. The molecule has 118 valence electrons. The van der Waals surface area contributed by atoms with Gasteiger partial charge in [-0.1, -0.05) is 22.0 Å². The highest BCUT2D eigenvalue weighted by molar-refractivity contribution is 9.10. The second-order valence-electron chi connectivity index (χ2n) is 4.98. The van der Waals surface area contributed by atoms with Crippen molar-refractivity contribution in [2.45, 2.75) is 20.3 Å². The van der Waals surface area contributed by atoms with Crippen LogP contribution in [0.2, 0.25) is 0 Å². The molecule has 5 nitrogen and oxygen atoms in total. The van der Waals surface area contributed by atoms with Crippen LogP contribution in [0.1, 0.15) is 17.0 Å². The fraction of sp³-hybridized carbons (Fsp3) is 0.375. The molecular formula is C16H19BrN2O3. The zero-order valence-electron chi connectivity index (χ0n) is 12.9. The number of carbonyl (C=O) groups is 1. The van der Waals surface area contributed by atoms with Gasteiger partial charge in [0.2, 0.25) is 0 Å². The Hall–Kier alpha value is -1.82. The summed E-state index contributed by atoms with van der Waals surface area (Å²) in [6.45, 7) is 4.39. The molecule has 0 unspecified atom stereocenters. The predicted molar refractivity (Wildman–Crippen MR) is 87.0 cm³/mol. The maximum absolute atomic E-state index is 11.9. The van der Waals surface area contributed by atoms with E-state index in [1.165, 1.54) is 0 Å². The van der Waals surface area contributed by atoms with Gasteiger partial charge in [0.1, 0.15) is 19.0 Å². The Kier molecular flexibility index (Phi) is 5.60. The Morgan fingerprint density at radius 2 is 2.09 bits per heavy atom. The molecule has 0 aliphatic carbocycles. The monoisotopic (exact) mass is 366 g/mol. The molecule has 0 spiro atoms. The van der Waals surface area contributed by atoms with Crippen LogP contribution in [-0.2, 0) is 23.0 Å². The average Bonchev–Trinajstić information content (AvgIpc) is 2.70. The first-order valence-corrected chi connectivity index (χ1v) is 7.79. The Morgan fingerprint density at radius 3 is 2.73 bits per heavy atom. The van der Waals surface area contributed by atoms with Gasteiger partial charge in [-0.2, -0.15) is 5.10 Å². The summed E-state index contributed by atoms with van der Waals surface area (Å²) in [5.41, 5.74) is 2.78. The Labute approximate surface area is 138 Å². The highest BCUT2D eigenvalue weighted by Gasteiger charge is 2.14. The summed E-state index contributed by atoms with van der Waals surface area (Å²) in [5, 5.41) is 4.29. The summed E-state index contributed by atoms with van der Waals surface area (Å²) in [5.74, 6) is 0.474. The van der Waals surface area contributed by atoms with Crippen molar-refractivity contribution in [2.75, 3.05) is 13.2 Å². The Balaban J connectivity index is 1.76. The predicted octanol–water partition coefficient (Wildman–Crippen LogP) is 2.96. The van der Waals surface area contributed by atoms with Crippen LogP contribution in [0.3, 0.4) is 0 Å². The summed E-state index contributed by atoms with van der Waals surface area (Å²) in [6, 6.07) is 7.53. The van der Waals surface area contributed by atoms with E-state index in [0.29, 0.717) is 6.61 Å². The van der Waals surface area contributed by atoms with Gasteiger partial charge in [0.25, 0.3) is 0 Å². The fourth-order valence-electron chi connectivity index (χ4n) is 2.14. The molecule has 22 heavy (non-hydrogen) atoms. The molecular weight excluding hydrogens is 348 g/mol. The molecule has 1 aromatic carbocycles. The van der Waals surface area contributed by atoms with Gasteiger partial charge in [-0.25, -0.2) is 0 Å². The van der Waals surface area contributed by atoms with E-state index >= 15 is 0 Å². The van der Waals surface area contributed by atoms with E-state index in [9.17, 15) is 4.79 Å². The largest absolute Gasteiger partial charge is 0.490 e. The summed E-state index contributed by atoms with van der Waals surface area (Å²) < 4.78 is 13.4. The molecule has 0 amide bonds. The smallest absolute Gasteiger partial charge is 0.310 e. The zero-order valence-corrected chi connectivity index (χ0v) is 14.5. The third kappa shape index (κ3) is 4.34. The van der Waals surface area contributed by atoms with Crippen molar-refractivity contribution in [1.29, 1.82) is 0 Å². The highest BCUT2D eigenvalue weighted by Crippen LogP contribution is 2.17. The lowest BCUT2D eigenvalue weighted by molar-refractivity contribution is -0.143. The molecule has 0 saturated heterocycles. The lowest BCUT2D eigenvalue weighted by Crippen LogP contribution is -2.14. The minimum Gasteiger partial charge on any atom is -0.490 e. The first-order chi connectivity index (χ1) is 10.5. The molecule has 1 aromatic heterocycles. The lowest BCUT2D eigenvalue weighted by Gasteiger charge is -2.08. The molecule has 1 heterocycles. The number of halogens is 1. The van der Waals surface area contributed by atoms with Crippen molar-refractivity contribution in [2.24, 2.45) is 7.05 Å². The number of ether oxygens (including phenoxy) is 2. The van der Waals surface area contributed by atoms with Gasteiger partial charge in [-0.05, 0) is 32.0 Å². The third-order valence-corrected chi connectivity index (χ3v) is 3.88. The van der Waals surface area contributed by atoms with Crippen LogP contribution in [0.15, 0.2) is 28.7 Å². The second kappa shape index (κ2) is 7.45. The third-order valence-electron chi connectivity index (χ3n) is 3.39. The Morgan fingerprint density at radius 1 is 1.32 bits per heavy atom. The van der Waals surface area contributed by atoms with E-state index in [0.717, 1.165) is 27.2 Å². The SMILES string of the molecule is Cc1nn(C)c(C)c1CC(=O)OCCOc1cccc(Br)c1. The number of aryl methyl sites for hydroxylation is 2.